The largest absolute Gasteiger partial charge is 0.351 e. The van der Waals surface area contributed by atoms with Gasteiger partial charge in [-0.05, 0) is 40.8 Å². The topological polar surface area (TPSA) is 133 Å². The Balaban J connectivity index is 1.20. The lowest BCUT2D eigenvalue weighted by molar-refractivity contribution is -0.125. The molecule has 2 aliphatic rings. The van der Waals surface area contributed by atoms with Crippen LogP contribution in [0.1, 0.15) is 28.7 Å². The molecular formula is C29H28N6O5S. The van der Waals surface area contributed by atoms with Crippen LogP contribution >= 0.6 is 0 Å². The van der Waals surface area contributed by atoms with Crippen LogP contribution in [0.15, 0.2) is 79.1 Å². The molecule has 11 nitrogen and oxygen atoms in total. The van der Waals surface area contributed by atoms with Crippen LogP contribution in [-0.4, -0.2) is 52.5 Å². The molecule has 4 aromatic rings. The molecule has 2 N–H and O–H groups in total. The van der Waals surface area contributed by atoms with E-state index in [1.54, 1.807) is 53.2 Å². The van der Waals surface area contributed by atoms with Crippen molar-refractivity contribution in [3.8, 4) is 0 Å². The summed E-state index contributed by atoms with van der Waals surface area (Å²) in [6.07, 6.45) is 3.78. The summed E-state index contributed by atoms with van der Waals surface area (Å²) in [6.45, 7) is 0.549. The highest BCUT2D eigenvalue weighted by atomic mass is 32.2. The highest BCUT2D eigenvalue weighted by Crippen LogP contribution is 2.28. The van der Waals surface area contributed by atoms with E-state index in [9.17, 15) is 22.8 Å². The molecule has 0 unspecified atom stereocenters. The predicted octanol–water partition coefficient (Wildman–Crippen LogP) is 2.35. The minimum atomic E-state index is -3.80. The number of nitrogens with one attached hydrogen (secondary N) is 2. The first-order chi connectivity index (χ1) is 19.8. The van der Waals surface area contributed by atoms with Gasteiger partial charge in [-0.3, -0.25) is 24.2 Å². The molecule has 12 heteroatoms. The van der Waals surface area contributed by atoms with Crippen molar-refractivity contribution in [2.45, 2.75) is 37.7 Å². The fourth-order valence-corrected chi connectivity index (χ4v) is 6.96. The number of anilines is 1. The highest BCUT2D eigenvalue weighted by Gasteiger charge is 2.38. The van der Waals surface area contributed by atoms with Gasteiger partial charge in [-0.2, -0.15) is 4.31 Å². The first-order valence-corrected chi connectivity index (χ1v) is 14.8. The zero-order valence-corrected chi connectivity index (χ0v) is 22.9. The lowest BCUT2D eigenvalue weighted by atomic mass is 9.95. The summed E-state index contributed by atoms with van der Waals surface area (Å²) < 4.78 is 30.2. The Morgan fingerprint density at radius 1 is 1.00 bits per heavy atom. The van der Waals surface area contributed by atoms with Crippen molar-refractivity contribution < 1.29 is 22.8 Å². The number of fused-ring (bicyclic) bond motifs is 2. The van der Waals surface area contributed by atoms with Crippen LogP contribution in [0.4, 0.5) is 10.6 Å². The molecule has 2 aliphatic heterocycles. The molecule has 1 atom stereocenters. The number of rotatable bonds is 7. The quantitative estimate of drug-likeness (QED) is 0.349. The standard InChI is InChI=1S/C29H28N6O5S/c36-26-11-13-34(29(38)32-26)27-17-30-25-14-21(10-12-33(25)27)16-31-28(37)24-15-22-8-4-5-9-23(22)18-35(24)41(39,40)19-20-6-2-1-3-7-20/h1-10,12,14,17,24H,11,13,15-16,18-19H2,(H,31,37)(H,32,36,38)/t24-/m0/s1. The Morgan fingerprint density at radius 3 is 2.54 bits per heavy atom. The first kappa shape index (κ1) is 26.7. The third kappa shape index (κ3) is 5.43. The third-order valence-electron chi connectivity index (χ3n) is 7.41. The molecule has 1 saturated heterocycles. The zero-order valence-electron chi connectivity index (χ0n) is 22.1. The van der Waals surface area contributed by atoms with Crippen LogP contribution in [0.25, 0.3) is 5.65 Å². The van der Waals surface area contributed by atoms with Gasteiger partial charge in [-0.15, -0.1) is 0 Å². The molecule has 0 bridgehead atoms. The van der Waals surface area contributed by atoms with Gasteiger partial charge in [0.05, 0.1) is 11.9 Å². The van der Waals surface area contributed by atoms with Gasteiger partial charge in [-0.25, -0.2) is 18.2 Å². The van der Waals surface area contributed by atoms with E-state index in [1.807, 2.05) is 30.3 Å². The summed E-state index contributed by atoms with van der Waals surface area (Å²) in [4.78, 5) is 43.1. The number of urea groups is 1. The van der Waals surface area contributed by atoms with E-state index in [2.05, 4.69) is 15.6 Å². The van der Waals surface area contributed by atoms with Crippen molar-refractivity contribution in [3.05, 3.63) is 101 Å². The Hall–Kier alpha value is -4.55. The summed E-state index contributed by atoms with van der Waals surface area (Å²) in [5.41, 5.74) is 3.83. The van der Waals surface area contributed by atoms with Gasteiger partial charge in [0.15, 0.2) is 0 Å². The molecule has 2 aromatic carbocycles. The maximum Gasteiger partial charge on any atom is 0.329 e. The monoisotopic (exact) mass is 572 g/mol. The molecular weight excluding hydrogens is 544 g/mol. The first-order valence-electron chi connectivity index (χ1n) is 13.2. The fraction of sp³-hybridized carbons (Fsp3) is 0.241. The van der Waals surface area contributed by atoms with Gasteiger partial charge in [-0.1, -0.05) is 54.6 Å². The molecule has 4 heterocycles. The van der Waals surface area contributed by atoms with Crippen LogP contribution in [0.2, 0.25) is 0 Å². The molecule has 6 rings (SSSR count). The molecule has 0 aliphatic carbocycles. The van der Waals surface area contributed by atoms with Crippen molar-refractivity contribution in [3.63, 3.8) is 0 Å². The van der Waals surface area contributed by atoms with Crippen LogP contribution in [0.5, 0.6) is 0 Å². The van der Waals surface area contributed by atoms with Crippen molar-refractivity contribution in [2.75, 3.05) is 11.4 Å². The maximum absolute atomic E-state index is 13.6. The van der Waals surface area contributed by atoms with E-state index >= 15 is 0 Å². The second-order valence-electron chi connectivity index (χ2n) is 10.1. The molecule has 41 heavy (non-hydrogen) atoms. The van der Waals surface area contributed by atoms with Gasteiger partial charge < -0.3 is 5.32 Å². The zero-order chi connectivity index (χ0) is 28.6. The van der Waals surface area contributed by atoms with E-state index in [-0.39, 0.29) is 50.0 Å². The predicted molar refractivity (Wildman–Crippen MR) is 151 cm³/mol. The number of nitrogens with zero attached hydrogens (tertiary/aromatic N) is 4. The number of pyridine rings is 1. The van der Waals surface area contributed by atoms with Gasteiger partial charge in [0.1, 0.15) is 17.5 Å². The van der Waals surface area contributed by atoms with Crippen molar-refractivity contribution in [2.24, 2.45) is 0 Å². The number of aromatic nitrogens is 2. The summed E-state index contributed by atoms with van der Waals surface area (Å²) in [5, 5.41) is 5.22. The fourth-order valence-electron chi connectivity index (χ4n) is 5.29. The van der Waals surface area contributed by atoms with E-state index in [1.165, 1.54) is 9.21 Å². The summed E-state index contributed by atoms with van der Waals surface area (Å²) in [5.74, 6) is -0.358. The third-order valence-corrected chi connectivity index (χ3v) is 9.21. The van der Waals surface area contributed by atoms with Gasteiger partial charge in [0.25, 0.3) is 0 Å². The lowest BCUT2D eigenvalue weighted by Crippen LogP contribution is -2.52. The van der Waals surface area contributed by atoms with Crippen LogP contribution in [0.3, 0.4) is 0 Å². The second kappa shape index (κ2) is 10.8. The second-order valence-corrected chi connectivity index (χ2v) is 12.0. The minimum absolute atomic E-state index is 0.127. The molecule has 2 aromatic heterocycles. The van der Waals surface area contributed by atoms with E-state index in [4.69, 9.17) is 0 Å². The minimum Gasteiger partial charge on any atom is -0.351 e. The molecule has 0 radical (unpaired) electrons. The number of sulfonamides is 1. The van der Waals surface area contributed by atoms with Crippen LogP contribution in [-0.2, 0) is 44.9 Å². The average molecular weight is 573 g/mol. The van der Waals surface area contributed by atoms with Crippen LogP contribution < -0.4 is 15.5 Å². The van der Waals surface area contributed by atoms with Crippen molar-refractivity contribution >= 4 is 39.3 Å². The number of hydrogen-bond acceptors (Lipinski definition) is 6. The van der Waals surface area contributed by atoms with Crippen molar-refractivity contribution in [1.82, 2.24) is 24.3 Å². The molecule has 210 valence electrons. The van der Waals surface area contributed by atoms with E-state index in [0.29, 0.717) is 17.0 Å². The van der Waals surface area contributed by atoms with Gasteiger partial charge >= 0.3 is 6.03 Å². The summed E-state index contributed by atoms with van der Waals surface area (Å²) in [7, 11) is -3.80. The van der Waals surface area contributed by atoms with Gasteiger partial charge in [0, 0.05) is 32.3 Å². The SMILES string of the molecule is O=C1CCN(c2cnc3cc(CNC(=O)[C@@H]4Cc5ccccc5CN4S(=O)(=O)Cc4ccccc4)ccn23)C(=O)N1. The number of imidazole rings is 1. The smallest absolute Gasteiger partial charge is 0.329 e. The van der Waals surface area contributed by atoms with Crippen LogP contribution in [0, 0.1) is 0 Å². The number of hydrogen-bond donors (Lipinski definition) is 2. The number of carbonyl (C=O) groups is 3. The Morgan fingerprint density at radius 2 is 1.76 bits per heavy atom. The van der Waals surface area contributed by atoms with E-state index < -0.39 is 22.1 Å². The van der Waals surface area contributed by atoms with Crippen molar-refractivity contribution in [1.29, 1.82) is 0 Å². The maximum atomic E-state index is 13.6. The number of imide groups is 1. The summed E-state index contributed by atoms with van der Waals surface area (Å²) >= 11 is 0. The number of carbonyl (C=O) groups excluding carboxylic acids is 3. The highest BCUT2D eigenvalue weighted by molar-refractivity contribution is 7.88. The molecule has 4 amide bonds. The number of benzene rings is 2. The molecule has 0 spiro atoms. The van der Waals surface area contributed by atoms with Gasteiger partial charge in [0.2, 0.25) is 21.8 Å². The normalized spacial score (nSPS) is 17.8. The molecule has 1 fully saturated rings. The average Bonchev–Trinajstić information content (AvgIpc) is 3.38. The summed E-state index contributed by atoms with van der Waals surface area (Å²) in [6, 6.07) is 18.7. The Kier molecular flexibility index (Phi) is 7.01. The molecule has 0 saturated carbocycles. The number of amides is 4. The lowest BCUT2D eigenvalue weighted by Gasteiger charge is -2.35. The van der Waals surface area contributed by atoms with E-state index in [0.717, 1.165) is 16.7 Å². The Bertz CT molecular complexity index is 1750. The Labute approximate surface area is 236 Å².